The molecule has 2 aromatic rings. The van der Waals surface area contributed by atoms with E-state index in [2.05, 4.69) is 5.32 Å². The Hall–Kier alpha value is -2.49. The number of methoxy groups -OCH3 is 1. The van der Waals surface area contributed by atoms with Gasteiger partial charge in [-0.2, -0.15) is 0 Å². The maximum atomic E-state index is 11.3. The van der Waals surface area contributed by atoms with Crippen molar-refractivity contribution in [2.24, 2.45) is 0 Å². The summed E-state index contributed by atoms with van der Waals surface area (Å²) in [5.41, 5.74) is 0.762. The third-order valence-electron chi connectivity index (χ3n) is 2.89. The fourth-order valence-corrected chi connectivity index (χ4v) is 1.94. The highest BCUT2D eigenvalue weighted by atomic mass is 16.5. The van der Waals surface area contributed by atoms with Crippen LogP contribution in [0.15, 0.2) is 42.2 Å². The van der Waals surface area contributed by atoms with Crippen molar-refractivity contribution in [2.45, 2.75) is 0 Å². The third-order valence-corrected chi connectivity index (χ3v) is 2.89. The number of benzene rings is 2. The molecular formula is C15H15NO3. The molecule has 0 radical (unpaired) electrons. The molecule has 4 nitrogen and oxygen atoms in total. The third kappa shape index (κ3) is 2.52. The second-order valence-electron chi connectivity index (χ2n) is 4.01. The van der Waals surface area contributed by atoms with Gasteiger partial charge < -0.3 is 15.2 Å². The number of carbonyl (C=O) groups excluding carboxylic acids is 1. The van der Waals surface area contributed by atoms with Gasteiger partial charge in [0.05, 0.1) is 7.11 Å². The van der Waals surface area contributed by atoms with Crippen molar-refractivity contribution in [3.63, 3.8) is 0 Å². The standard InChI is InChI=1S/C15H15NO3/c1-16-15(18)13(17)9-10-7-8-14(19-2)12-6-4-3-5-11(10)12/h3-9,17H,1-2H3,(H,16,18)/b13-9+. The molecule has 0 bridgehead atoms. The minimum Gasteiger partial charge on any atom is -0.503 e. The van der Waals surface area contributed by atoms with E-state index >= 15 is 0 Å². The summed E-state index contributed by atoms with van der Waals surface area (Å²) in [6.07, 6.45) is 1.45. The summed E-state index contributed by atoms with van der Waals surface area (Å²) in [7, 11) is 3.08. The molecular weight excluding hydrogens is 242 g/mol. The first-order chi connectivity index (χ1) is 9.17. The molecule has 0 unspecified atom stereocenters. The number of ether oxygens (including phenoxy) is 1. The summed E-state index contributed by atoms with van der Waals surface area (Å²) in [5, 5.41) is 13.9. The highest BCUT2D eigenvalue weighted by Crippen LogP contribution is 2.29. The first kappa shape index (κ1) is 13.0. The van der Waals surface area contributed by atoms with Gasteiger partial charge in [0.25, 0.3) is 5.91 Å². The van der Waals surface area contributed by atoms with Gasteiger partial charge in [-0.3, -0.25) is 4.79 Å². The number of aliphatic hydroxyl groups excluding tert-OH is 1. The lowest BCUT2D eigenvalue weighted by Gasteiger charge is -2.08. The Kier molecular flexibility index (Phi) is 3.71. The predicted octanol–water partition coefficient (Wildman–Crippen LogP) is 2.49. The zero-order valence-corrected chi connectivity index (χ0v) is 10.8. The zero-order chi connectivity index (χ0) is 13.8. The Balaban J connectivity index is 2.60. The van der Waals surface area contributed by atoms with E-state index in [0.29, 0.717) is 0 Å². The van der Waals surface area contributed by atoms with E-state index in [1.54, 1.807) is 13.2 Å². The van der Waals surface area contributed by atoms with Crippen molar-refractivity contribution < 1.29 is 14.6 Å². The first-order valence-corrected chi connectivity index (χ1v) is 5.86. The smallest absolute Gasteiger partial charge is 0.285 e. The molecule has 0 aliphatic heterocycles. The van der Waals surface area contributed by atoms with Crippen LogP contribution in [0.4, 0.5) is 0 Å². The van der Waals surface area contributed by atoms with E-state index in [-0.39, 0.29) is 5.76 Å². The normalized spacial score (nSPS) is 11.4. The molecule has 0 heterocycles. The number of carbonyl (C=O) groups is 1. The maximum absolute atomic E-state index is 11.3. The van der Waals surface area contributed by atoms with Crippen molar-refractivity contribution in [3.8, 4) is 5.75 Å². The van der Waals surface area contributed by atoms with Gasteiger partial charge in [-0.25, -0.2) is 0 Å². The van der Waals surface area contributed by atoms with E-state index in [1.807, 2.05) is 30.3 Å². The summed E-state index contributed by atoms with van der Waals surface area (Å²) >= 11 is 0. The minimum atomic E-state index is -0.514. The number of likely N-dealkylation sites (N-methyl/N-ethyl adjacent to an activating group) is 1. The van der Waals surface area contributed by atoms with Crippen LogP contribution in [-0.4, -0.2) is 25.2 Å². The molecule has 1 amide bonds. The fraction of sp³-hybridized carbons (Fsp3) is 0.133. The highest BCUT2D eigenvalue weighted by Gasteiger charge is 2.08. The number of rotatable bonds is 3. The van der Waals surface area contributed by atoms with Crippen LogP contribution in [-0.2, 0) is 4.79 Å². The summed E-state index contributed by atoms with van der Waals surface area (Å²) in [4.78, 5) is 11.3. The van der Waals surface area contributed by atoms with Crippen LogP contribution in [0.2, 0.25) is 0 Å². The number of aliphatic hydroxyl groups is 1. The van der Waals surface area contributed by atoms with Crippen LogP contribution in [0.1, 0.15) is 5.56 Å². The molecule has 0 saturated carbocycles. The van der Waals surface area contributed by atoms with Crippen LogP contribution in [0.25, 0.3) is 16.8 Å². The van der Waals surface area contributed by atoms with Gasteiger partial charge >= 0.3 is 0 Å². The molecule has 0 atom stereocenters. The average molecular weight is 257 g/mol. The van der Waals surface area contributed by atoms with Gasteiger partial charge in [0.15, 0.2) is 5.76 Å². The largest absolute Gasteiger partial charge is 0.503 e. The van der Waals surface area contributed by atoms with Gasteiger partial charge in [-0.1, -0.05) is 30.3 Å². The molecule has 2 aromatic carbocycles. The first-order valence-electron chi connectivity index (χ1n) is 5.86. The molecule has 4 heteroatoms. The number of fused-ring (bicyclic) bond motifs is 1. The molecule has 19 heavy (non-hydrogen) atoms. The monoisotopic (exact) mass is 257 g/mol. The molecule has 0 saturated heterocycles. The van der Waals surface area contributed by atoms with Gasteiger partial charge in [0.2, 0.25) is 0 Å². The summed E-state index contributed by atoms with van der Waals surface area (Å²) in [6, 6.07) is 11.3. The molecule has 0 aliphatic carbocycles. The molecule has 2 rings (SSSR count). The average Bonchev–Trinajstić information content (AvgIpc) is 2.46. The van der Waals surface area contributed by atoms with Crippen LogP contribution >= 0.6 is 0 Å². The molecule has 0 fully saturated rings. The summed E-state index contributed by atoms with van der Waals surface area (Å²) < 4.78 is 5.29. The van der Waals surface area contributed by atoms with Crippen molar-refractivity contribution >= 4 is 22.8 Å². The van der Waals surface area contributed by atoms with Crippen molar-refractivity contribution in [1.29, 1.82) is 0 Å². The van der Waals surface area contributed by atoms with Crippen LogP contribution < -0.4 is 10.1 Å². The van der Waals surface area contributed by atoms with E-state index in [0.717, 1.165) is 22.1 Å². The number of amides is 1. The van der Waals surface area contributed by atoms with Crippen molar-refractivity contribution in [2.75, 3.05) is 14.2 Å². The molecule has 0 aliphatic rings. The van der Waals surface area contributed by atoms with Gasteiger partial charge in [0, 0.05) is 12.4 Å². The molecule has 2 N–H and O–H groups in total. The quantitative estimate of drug-likeness (QED) is 0.656. The Morgan fingerprint density at radius 2 is 1.89 bits per heavy atom. The van der Waals surface area contributed by atoms with Crippen molar-refractivity contribution in [1.82, 2.24) is 5.32 Å². The Labute approximate surface area is 111 Å². The summed E-state index contributed by atoms with van der Waals surface area (Å²) in [6.45, 7) is 0. The van der Waals surface area contributed by atoms with Crippen LogP contribution in [0.3, 0.4) is 0 Å². The molecule has 0 aromatic heterocycles. The Bertz CT molecular complexity index is 647. The van der Waals surface area contributed by atoms with E-state index in [1.165, 1.54) is 13.1 Å². The van der Waals surface area contributed by atoms with Crippen LogP contribution in [0, 0.1) is 0 Å². The van der Waals surface area contributed by atoms with Gasteiger partial charge in [-0.15, -0.1) is 0 Å². The van der Waals surface area contributed by atoms with Crippen LogP contribution in [0.5, 0.6) is 5.75 Å². The second kappa shape index (κ2) is 5.44. The predicted molar refractivity (Wildman–Crippen MR) is 75.2 cm³/mol. The molecule has 98 valence electrons. The number of hydrogen-bond acceptors (Lipinski definition) is 3. The lowest BCUT2D eigenvalue weighted by atomic mass is 10.0. The van der Waals surface area contributed by atoms with Crippen molar-refractivity contribution in [3.05, 3.63) is 47.7 Å². The second-order valence-corrected chi connectivity index (χ2v) is 4.01. The number of nitrogens with one attached hydrogen (secondary N) is 1. The van der Waals surface area contributed by atoms with Gasteiger partial charge in [-0.05, 0) is 23.1 Å². The van der Waals surface area contributed by atoms with Gasteiger partial charge in [0.1, 0.15) is 5.75 Å². The van der Waals surface area contributed by atoms with E-state index < -0.39 is 5.91 Å². The summed E-state index contributed by atoms with van der Waals surface area (Å²) in [5.74, 6) is -0.0788. The lowest BCUT2D eigenvalue weighted by molar-refractivity contribution is -0.119. The minimum absolute atomic E-state index is 0.321. The Morgan fingerprint density at radius 3 is 2.53 bits per heavy atom. The SMILES string of the molecule is CNC(=O)/C(O)=C\c1ccc(OC)c2ccccc12. The zero-order valence-electron chi connectivity index (χ0n) is 10.8. The fourth-order valence-electron chi connectivity index (χ4n) is 1.94. The Morgan fingerprint density at radius 1 is 1.21 bits per heavy atom. The van der Waals surface area contributed by atoms with E-state index in [4.69, 9.17) is 4.74 Å². The highest BCUT2D eigenvalue weighted by molar-refractivity contribution is 6.00. The number of hydrogen-bond donors (Lipinski definition) is 2. The topological polar surface area (TPSA) is 58.6 Å². The van der Waals surface area contributed by atoms with E-state index in [9.17, 15) is 9.90 Å². The molecule has 0 spiro atoms. The lowest BCUT2D eigenvalue weighted by Crippen LogP contribution is -2.19. The maximum Gasteiger partial charge on any atom is 0.285 e.